The lowest BCUT2D eigenvalue weighted by Gasteiger charge is -2.04. The van der Waals surface area contributed by atoms with Gasteiger partial charge in [0.05, 0.1) is 11.6 Å². The van der Waals surface area contributed by atoms with Crippen LogP contribution in [0.25, 0.3) is 33.6 Å². The fourth-order valence-electron chi connectivity index (χ4n) is 3.28. The number of ether oxygens (including phenoxy) is 1. The van der Waals surface area contributed by atoms with Gasteiger partial charge in [-0.3, -0.25) is 4.79 Å². The van der Waals surface area contributed by atoms with Gasteiger partial charge in [-0.2, -0.15) is 9.50 Å². The average Bonchev–Trinajstić information content (AvgIpc) is 3.36. The predicted octanol–water partition coefficient (Wildman–Crippen LogP) is 4.19. The molecule has 0 unspecified atom stereocenters. The summed E-state index contributed by atoms with van der Waals surface area (Å²) in [6.45, 7) is 1.97. The van der Waals surface area contributed by atoms with Crippen molar-refractivity contribution in [2.24, 2.45) is 0 Å². The number of benzene rings is 2. The molecule has 5 rings (SSSR count). The number of aryl methyl sites for hydroxylation is 1. The van der Waals surface area contributed by atoms with Crippen molar-refractivity contribution in [3.05, 3.63) is 73.0 Å². The number of hydrogen-bond donors (Lipinski definition) is 0. The van der Waals surface area contributed by atoms with Crippen molar-refractivity contribution < 1.29 is 9.15 Å². The molecule has 3 aromatic heterocycles. The van der Waals surface area contributed by atoms with E-state index in [4.69, 9.17) is 9.15 Å². The minimum atomic E-state index is -0.223. The highest BCUT2D eigenvalue weighted by Crippen LogP contribution is 2.31. The summed E-state index contributed by atoms with van der Waals surface area (Å²) < 4.78 is 14.1. The molecule has 0 atom stereocenters. The molecule has 3 heterocycles. The van der Waals surface area contributed by atoms with Crippen LogP contribution in [-0.2, 0) is 0 Å². The normalized spacial score (nSPS) is 12.3. The Balaban J connectivity index is 1.65. The number of methoxy groups -OCH3 is 1. The summed E-state index contributed by atoms with van der Waals surface area (Å²) in [7, 11) is 1.60. The molecule has 0 spiro atoms. The van der Waals surface area contributed by atoms with Crippen molar-refractivity contribution >= 4 is 49.3 Å². The maximum atomic E-state index is 12.9. The van der Waals surface area contributed by atoms with Gasteiger partial charge in [-0.15, -0.1) is 5.10 Å². The van der Waals surface area contributed by atoms with Gasteiger partial charge in [-0.05, 0) is 37.3 Å². The molecule has 144 valence electrons. The van der Waals surface area contributed by atoms with E-state index in [1.54, 1.807) is 13.2 Å². The Morgan fingerprint density at radius 1 is 1.24 bits per heavy atom. The smallest absolute Gasteiger partial charge is 0.291 e. The summed E-state index contributed by atoms with van der Waals surface area (Å²) in [4.78, 5) is 17.9. The number of fused-ring (bicyclic) bond motifs is 2. The Morgan fingerprint density at radius 3 is 2.83 bits per heavy atom. The Kier molecular flexibility index (Phi) is 4.25. The Morgan fingerprint density at radius 2 is 2.07 bits per heavy atom. The zero-order valence-corrected chi connectivity index (χ0v) is 17.9. The maximum Gasteiger partial charge on any atom is 0.291 e. The van der Waals surface area contributed by atoms with E-state index >= 15 is 0 Å². The molecule has 0 amide bonds. The minimum Gasteiger partial charge on any atom is -0.496 e. The molecule has 0 aliphatic carbocycles. The molecule has 0 radical (unpaired) electrons. The SMILES string of the molecule is COc1ccc(Br)cc1/C=c1/sc2nc(-c3oc4ccccc4c3C)nn2c1=O. The van der Waals surface area contributed by atoms with Crippen molar-refractivity contribution in [3.63, 3.8) is 0 Å². The summed E-state index contributed by atoms with van der Waals surface area (Å²) in [6.07, 6.45) is 1.79. The zero-order chi connectivity index (χ0) is 20.1. The number of nitrogens with zero attached hydrogens (tertiary/aromatic N) is 3. The standard InChI is InChI=1S/C21H14BrN3O3S/c1-11-14-5-3-4-6-16(14)28-18(11)19-23-21-25(24-19)20(26)17(29-21)10-12-9-13(22)7-8-15(12)27-2/h3-10H,1-2H3/b17-10+. The lowest BCUT2D eigenvalue weighted by Crippen LogP contribution is -2.23. The molecule has 8 heteroatoms. The molecule has 0 N–H and O–H groups in total. The molecule has 6 nitrogen and oxygen atoms in total. The van der Waals surface area contributed by atoms with Crippen LogP contribution < -0.4 is 14.8 Å². The van der Waals surface area contributed by atoms with Gasteiger partial charge in [0.2, 0.25) is 10.8 Å². The molecule has 0 saturated carbocycles. The van der Waals surface area contributed by atoms with Gasteiger partial charge in [0.25, 0.3) is 5.56 Å². The van der Waals surface area contributed by atoms with Gasteiger partial charge in [-0.1, -0.05) is 45.5 Å². The van der Waals surface area contributed by atoms with Crippen molar-refractivity contribution in [2.75, 3.05) is 7.11 Å². The third-order valence-corrected chi connectivity index (χ3v) is 6.16. The second-order valence-electron chi connectivity index (χ2n) is 6.48. The Hall–Kier alpha value is -2.97. The van der Waals surface area contributed by atoms with Crippen LogP contribution in [0.1, 0.15) is 11.1 Å². The fraction of sp³-hybridized carbons (Fsp3) is 0.0952. The van der Waals surface area contributed by atoms with Gasteiger partial charge in [0, 0.05) is 21.0 Å². The number of rotatable bonds is 3. The fourth-order valence-corrected chi connectivity index (χ4v) is 4.55. The van der Waals surface area contributed by atoms with Crippen LogP contribution >= 0.6 is 27.3 Å². The monoisotopic (exact) mass is 467 g/mol. The number of aromatic nitrogens is 3. The van der Waals surface area contributed by atoms with Crippen molar-refractivity contribution in [3.8, 4) is 17.3 Å². The summed E-state index contributed by atoms with van der Waals surface area (Å²) in [5, 5.41) is 5.42. The summed E-state index contributed by atoms with van der Waals surface area (Å²) in [6, 6.07) is 13.4. The lowest BCUT2D eigenvalue weighted by atomic mass is 10.1. The first-order chi connectivity index (χ1) is 14.0. The van der Waals surface area contributed by atoms with E-state index < -0.39 is 0 Å². The largest absolute Gasteiger partial charge is 0.496 e. The van der Waals surface area contributed by atoms with Crippen LogP contribution in [0.4, 0.5) is 0 Å². The predicted molar refractivity (Wildman–Crippen MR) is 117 cm³/mol. The number of para-hydroxylation sites is 1. The van der Waals surface area contributed by atoms with E-state index in [0.29, 0.717) is 26.8 Å². The summed E-state index contributed by atoms with van der Waals surface area (Å²) in [5.74, 6) is 1.68. The highest BCUT2D eigenvalue weighted by atomic mass is 79.9. The maximum absolute atomic E-state index is 12.9. The highest BCUT2D eigenvalue weighted by Gasteiger charge is 2.19. The van der Waals surface area contributed by atoms with Gasteiger partial charge in [0.15, 0.2) is 5.76 Å². The first kappa shape index (κ1) is 18.1. The molecule has 0 fully saturated rings. The lowest BCUT2D eigenvalue weighted by molar-refractivity contribution is 0.414. The van der Waals surface area contributed by atoms with Gasteiger partial charge in [0.1, 0.15) is 11.3 Å². The topological polar surface area (TPSA) is 69.6 Å². The van der Waals surface area contributed by atoms with E-state index in [1.807, 2.05) is 49.4 Å². The van der Waals surface area contributed by atoms with Crippen molar-refractivity contribution in [1.82, 2.24) is 14.6 Å². The van der Waals surface area contributed by atoms with Crippen LogP contribution in [0.5, 0.6) is 5.75 Å². The van der Waals surface area contributed by atoms with Crippen LogP contribution in [-0.4, -0.2) is 21.7 Å². The molecular weight excluding hydrogens is 454 g/mol. The number of furan rings is 1. The number of hydrogen-bond acceptors (Lipinski definition) is 6. The van der Waals surface area contributed by atoms with Gasteiger partial charge >= 0.3 is 0 Å². The first-order valence-corrected chi connectivity index (χ1v) is 10.4. The minimum absolute atomic E-state index is 0.223. The van der Waals surface area contributed by atoms with Crippen LogP contribution in [0.3, 0.4) is 0 Å². The molecule has 0 aliphatic heterocycles. The van der Waals surface area contributed by atoms with E-state index in [0.717, 1.165) is 26.6 Å². The summed E-state index contributed by atoms with van der Waals surface area (Å²) >= 11 is 4.73. The van der Waals surface area contributed by atoms with Gasteiger partial charge < -0.3 is 9.15 Å². The number of thiazole rings is 1. The summed E-state index contributed by atoms with van der Waals surface area (Å²) in [5.41, 5.74) is 2.31. The third kappa shape index (κ3) is 2.95. The molecule has 0 bridgehead atoms. The molecule has 0 saturated heterocycles. The van der Waals surface area contributed by atoms with E-state index in [-0.39, 0.29) is 5.56 Å². The molecular formula is C21H14BrN3O3S. The molecule has 2 aromatic carbocycles. The van der Waals surface area contributed by atoms with E-state index in [2.05, 4.69) is 26.0 Å². The van der Waals surface area contributed by atoms with Gasteiger partial charge in [-0.25, -0.2) is 0 Å². The van der Waals surface area contributed by atoms with E-state index in [9.17, 15) is 4.79 Å². The first-order valence-electron chi connectivity index (χ1n) is 8.78. The van der Waals surface area contributed by atoms with E-state index in [1.165, 1.54) is 15.9 Å². The van der Waals surface area contributed by atoms with Crippen molar-refractivity contribution in [1.29, 1.82) is 0 Å². The Labute approximate surface area is 177 Å². The quantitative estimate of drug-likeness (QED) is 0.397. The number of halogens is 1. The van der Waals surface area contributed by atoms with Crippen LogP contribution in [0.2, 0.25) is 0 Å². The molecule has 0 aliphatic rings. The van der Waals surface area contributed by atoms with Crippen LogP contribution in [0.15, 0.2) is 56.1 Å². The Bertz CT molecular complexity index is 1500. The van der Waals surface area contributed by atoms with Crippen LogP contribution in [0, 0.1) is 6.92 Å². The van der Waals surface area contributed by atoms with Crippen molar-refractivity contribution in [2.45, 2.75) is 6.92 Å². The zero-order valence-electron chi connectivity index (χ0n) is 15.5. The molecule has 5 aromatic rings. The second-order valence-corrected chi connectivity index (χ2v) is 8.41. The average molecular weight is 468 g/mol. The molecule has 29 heavy (non-hydrogen) atoms. The highest BCUT2D eigenvalue weighted by molar-refractivity contribution is 9.10. The third-order valence-electron chi connectivity index (χ3n) is 4.71. The second kappa shape index (κ2) is 6.82.